The summed E-state index contributed by atoms with van der Waals surface area (Å²) in [6.07, 6.45) is 0.0131. The predicted octanol–water partition coefficient (Wildman–Crippen LogP) is 3.30. The van der Waals surface area contributed by atoms with Crippen LogP contribution in [0, 0.1) is 0 Å². The molecule has 1 aliphatic heterocycles. The molecule has 0 spiro atoms. The minimum Gasteiger partial charge on any atom is -0.454 e. The first-order valence-corrected chi connectivity index (χ1v) is 10.5. The molecule has 0 unspecified atom stereocenters. The average molecular weight is 444 g/mol. The van der Waals surface area contributed by atoms with Crippen LogP contribution in [0.25, 0.3) is 0 Å². The highest BCUT2D eigenvalue weighted by atomic mass is 35.5. The minimum absolute atomic E-state index is 0.0131. The lowest BCUT2D eigenvalue weighted by Gasteiger charge is -2.07. The quantitative estimate of drug-likeness (QED) is 0.430. The summed E-state index contributed by atoms with van der Waals surface area (Å²) < 4.78 is 10.6. The van der Waals surface area contributed by atoms with Crippen LogP contribution < -0.4 is 20.3 Å². The Hall–Kier alpha value is -2.97. The number of nitrogens with zero attached hydrogens (tertiary/aromatic N) is 1. The summed E-state index contributed by atoms with van der Waals surface area (Å²) >= 11 is 7.37. The van der Waals surface area contributed by atoms with Crippen molar-refractivity contribution in [1.29, 1.82) is 0 Å². The van der Waals surface area contributed by atoms with Gasteiger partial charge in [0.15, 0.2) is 16.7 Å². The van der Waals surface area contributed by atoms with Gasteiger partial charge in [0.1, 0.15) is 0 Å². The zero-order chi connectivity index (χ0) is 20.9. The van der Waals surface area contributed by atoms with E-state index in [-0.39, 0.29) is 24.7 Å². The van der Waals surface area contributed by atoms with E-state index in [4.69, 9.17) is 21.1 Å². The first-order valence-electron chi connectivity index (χ1n) is 9.18. The summed E-state index contributed by atoms with van der Waals surface area (Å²) in [5, 5.41) is 3.95. The Morgan fingerprint density at radius 1 is 1.13 bits per heavy atom. The van der Waals surface area contributed by atoms with E-state index in [1.54, 1.807) is 6.07 Å². The molecule has 1 aromatic heterocycles. The highest BCUT2D eigenvalue weighted by molar-refractivity contribution is 7.98. The smallest absolute Gasteiger partial charge is 0.251 e. The Morgan fingerprint density at radius 2 is 2.00 bits per heavy atom. The third-order valence-corrected chi connectivity index (χ3v) is 5.49. The molecular weight excluding hydrogens is 426 g/mol. The number of hydrogen-bond donors (Lipinski definition) is 2. The summed E-state index contributed by atoms with van der Waals surface area (Å²) in [6, 6.07) is 14.3. The molecule has 2 N–H and O–H groups in total. The number of rotatable bonds is 7. The third-order valence-electron chi connectivity index (χ3n) is 4.31. The lowest BCUT2D eigenvalue weighted by atomic mass is 10.2. The number of fused-ring (bicyclic) bond motifs is 1. The van der Waals surface area contributed by atoms with Crippen LogP contribution in [-0.2, 0) is 23.5 Å². The molecule has 0 aliphatic carbocycles. The number of aromatic nitrogens is 2. The first-order chi connectivity index (χ1) is 14.5. The maximum Gasteiger partial charge on any atom is 0.251 e. The number of nitrogens with one attached hydrogen (secondary N) is 2. The van der Waals surface area contributed by atoms with Crippen LogP contribution in [0.2, 0.25) is 5.02 Å². The summed E-state index contributed by atoms with van der Waals surface area (Å²) in [6.45, 7) is 0.548. The van der Waals surface area contributed by atoms with E-state index in [0.717, 1.165) is 11.1 Å². The van der Waals surface area contributed by atoms with Crippen molar-refractivity contribution in [2.24, 2.45) is 0 Å². The van der Waals surface area contributed by atoms with Crippen molar-refractivity contribution >= 4 is 29.3 Å². The topological polar surface area (TPSA) is 93.3 Å². The van der Waals surface area contributed by atoms with Gasteiger partial charge in [-0.1, -0.05) is 41.6 Å². The van der Waals surface area contributed by atoms with E-state index >= 15 is 0 Å². The second-order valence-electron chi connectivity index (χ2n) is 6.60. The zero-order valence-corrected chi connectivity index (χ0v) is 17.4. The number of hydrogen-bond acceptors (Lipinski definition) is 6. The molecule has 0 saturated heterocycles. The minimum atomic E-state index is -0.294. The molecule has 2 heterocycles. The van der Waals surface area contributed by atoms with Crippen LogP contribution in [0.1, 0.15) is 16.8 Å². The number of thioether (sulfide) groups is 1. The SMILES string of the molecule is O=C(Cc1cc(=O)[nH]c(SCc2cccc(Cl)c2)n1)NCc1ccc2c(c1)OCO2. The van der Waals surface area contributed by atoms with Crippen molar-refractivity contribution in [1.82, 2.24) is 15.3 Å². The largest absolute Gasteiger partial charge is 0.454 e. The summed E-state index contributed by atoms with van der Waals surface area (Å²) in [7, 11) is 0. The fourth-order valence-electron chi connectivity index (χ4n) is 2.90. The molecule has 154 valence electrons. The molecule has 7 nitrogen and oxygen atoms in total. The van der Waals surface area contributed by atoms with E-state index < -0.39 is 0 Å². The lowest BCUT2D eigenvalue weighted by molar-refractivity contribution is -0.120. The van der Waals surface area contributed by atoms with Crippen molar-refractivity contribution in [2.75, 3.05) is 6.79 Å². The standard InChI is InChI=1S/C21H18ClN3O4S/c22-15-3-1-2-14(6-15)11-30-21-24-16(9-20(27)25-21)8-19(26)23-10-13-4-5-17-18(7-13)29-12-28-17/h1-7,9H,8,10-12H2,(H,23,26)(H,24,25,27). The van der Waals surface area contributed by atoms with Crippen LogP contribution in [0.3, 0.4) is 0 Å². The second kappa shape index (κ2) is 9.23. The van der Waals surface area contributed by atoms with E-state index in [0.29, 0.717) is 39.7 Å². The van der Waals surface area contributed by atoms with Crippen molar-refractivity contribution in [2.45, 2.75) is 23.9 Å². The molecular formula is C21H18ClN3O4S. The number of H-pyrrole nitrogens is 1. The first kappa shape index (κ1) is 20.3. The molecule has 0 fully saturated rings. The lowest BCUT2D eigenvalue weighted by Crippen LogP contribution is -2.25. The number of benzene rings is 2. The van der Waals surface area contributed by atoms with Gasteiger partial charge in [0.05, 0.1) is 12.1 Å². The van der Waals surface area contributed by atoms with Gasteiger partial charge in [-0.15, -0.1) is 0 Å². The highest BCUT2D eigenvalue weighted by Gasteiger charge is 2.14. The Kier molecular flexibility index (Phi) is 6.25. The van der Waals surface area contributed by atoms with Gasteiger partial charge in [0.2, 0.25) is 12.7 Å². The van der Waals surface area contributed by atoms with Gasteiger partial charge >= 0.3 is 0 Å². The normalized spacial score (nSPS) is 12.0. The van der Waals surface area contributed by atoms with E-state index in [1.807, 2.05) is 36.4 Å². The average Bonchev–Trinajstić information content (AvgIpc) is 3.18. The van der Waals surface area contributed by atoms with Gasteiger partial charge in [-0.3, -0.25) is 9.59 Å². The molecule has 2 aromatic carbocycles. The van der Waals surface area contributed by atoms with E-state index in [9.17, 15) is 9.59 Å². The van der Waals surface area contributed by atoms with E-state index in [1.165, 1.54) is 17.8 Å². The Morgan fingerprint density at radius 3 is 2.87 bits per heavy atom. The third kappa shape index (κ3) is 5.34. The molecule has 9 heteroatoms. The number of halogens is 1. The number of amides is 1. The summed E-state index contributed by atoms with van der Waals surface area (Å²) in [5.74, 6) is 1.74. The monoisotopic (exact) mass is 443 g/mol. The highest BCUT2D eigenvalue weighted by Crippen LogP contribution is 2.32. The molecule has 1 amide bonds. The second-order valence-corrected chi connectivity index (χ2v) is 8.00. The number of carbonyl (C=O) groups is 1. The molecule has 0 atom stereocenters. The summed E-state index contributed by atoms with van der Waals surface area (Å²) in [4.78, 5) is 31.4. The van der Waals surface area contributed by atoms with Crippen molar-refractivity contribution < 1.29 is 14.3 Å². The Bertz CT molecular complexity index is 1140. The van der Waals surface area contributed by atoms with Crippen LogP contribution >= 0.6 is 23.4 Å². The van der Waals surface area contributed by atoms with Gasteiger partial charge < -0.3 is 19.8 Å². The van der Waals surface area contributed by atoms with E-state index in [2.05, 4.69) is 15.3 Å². The fraction of sp³-hybridized carbons (Fsp3) is 0.190. The van der Waals surface area contributed by atoms with Crippen molar-refractivity contribution in [3.05, 3.63) is 80.7 Å². The number of ether oxygens (including phenoxy) is 2. The number of carbonyl (C=O) groups excluding carboxylic acids is 1. The summed E-state index contributed by atoms with van der Waals surface area (Å²) in [5.41, 5.74) is 2.03. The molecule has 4 rings (SSSR count). The molecule has 0 radical (unpaired) electrons. The maximum absolute atomic E-state index is 12.3. The van der Waals surface area contributed by atoms with Gasteiger partial charge in [-0.05, 0) is 35.4 Å². The van der Waals surface area contributed by atoms with Gasteiger partial charge in [0, 0.05) is 23.4 Å². The Balaban J connectivity index is 1.34. The van der Waals surface area contributed by atoms with Crippen molar-refractivity contribution in [3.63, 3.8) is 0 Å². The maximum atomic E-state index is 12.3. The fourth-order valence-corrected chi connectivity index (χ4v) is 3.95. The van der Waals surface area contributed by atoms with Gasteiger partial charge in [-0.25, -0.2) is 4.98 Å². The van der Waals surface area contributed by atoms with Gasteiger partial charge in [0.25, 0.3) is 5.56 Å². The van der Waals surface area contributed by atoms with Crippen LogP contribution in [0.5, 0.6) is 11.5 Å². The molecule has 0 saturated carbocycles. The van der Waals surface area contributed by atoms with Crippen molar-refractivity contribution in [3.8, 4) is 11.5 Å². The number of aromatic amines is 1. The molecule has 30 heavy (non-hydrogen) atoms. The molecule has 0 bridgehead atoms. The van der Waals surface area contributed by atoms with Crippen LogP contribution in [0.4, 0.5) is 0 Å². The molecule has 3 aromatic rings. The van der Waals surface area contributed by atoms with Crippen LogP contribution in [0.15, 0.2) is 58.5 Å². The Labute approximate surface area is 181 Å². The molecule has 1 aliphatic rings. The predicted molar refractivity (Wildman–Crippen MR) is 114 cm³/mol. The van der Waals surface area contributed by atoms with Crippen LogP contribution in [-0.4, -0.2) is 22.7 Å². The zero-order valence-electron chi connectivity index (χ0n) is 15.8. The van der Waals surface area contributed by atoms with Gasteiger partial charge in [-0.2, -0.15) is 0 Å².